The number of alkyl carbamates (subject to hydrolysis) is 1. The van der Waals surface area contributed by atoms with Gasteiger partial charge in [-0.25, -0.2) is 18.6 Å². The summed E-state index contributed by atoms with van der Waals surface area (Å²) in [6.07, 6.45) is 8.69. The van der Waals surface area contributed by atoms with E-state index in [0.29, 0.717) is 73.4 Å². The minimum absolute atomic E-state index is 0.0132. The lowest BCUT2D eigenvalue weighted by Gasteiger charge is -2.50. The highest BCUT2D eigenvalue weighted by Gasteiger charge is 2.50. The van der Waals surface area contributed by atoms with Gasteiger partial charge in [0.05, 0.1) is 26.8 Å². The molecule has 1 aliphatic carbocycles. The van der Waals surface area contributed by atoms with Gasteiger partial charge in [0.2, 0.25) is 5.88 Å². The number of fused-ring (bicyclic) bond motifs is 2. The zero-order valence-corrected chi connectivity index (χ0v) is 30.9. The van der Waals surface area contributed by atoms with E-state index in [0.717, 1.165) is 64.7 Å². The molecule has 4 aliphatic heterocycles. The van der Waals surface area contributed by atoms with Crippen LogP contribution in [0.25, 0.3) is 23.0 Å². The molecular weight excluding hydrogens is 698 g/mol. The zero-order valence-electron chi connectivity index (χ0n) is 30.9. The lowest BCUT2D eigenvalue weighted by molar-refractivity contribution is -0.0512. The summed E-state index contributed by atoms with van der Waals surface area (Å²) in [4.78, 5) is 31.2. The minimum Gasteiger partial charge on any atom is -0.508 e. The van der Waals surface area contributed by atoms with E-state index in [9.17, 15) is 9.90 Å². The van der Waals surface area contributed by atoms with Gasteiger partial charge in [0.25, 0.3) is 0 Å². The molecule has 1 spiro atoms. The Morgan fingerprint density at radius 3 is 2.72 bits per heavy atom. The molecule has 14 heteroatoms. The van der Waals surface area contributed by atoms with Gasteiger partial charge < -0.3 is 34.3 Å². The van der Waals surface area contributed by atoms with E-state index in [-0.39, 0.29) is 45.6 Å². The molecule has 288 valence electrons. The van der Waals surface area contributed by atoms with Gasteiger partial charge in [-0.05, 0) is 88.4 Å². The Bertz CT molecular complexity index is 2080. The van der Waals surface area contributed by atoms with E-state index in [1.165, 1.54) is 25.3 Å². The van der Waals surface area contributed by atoms with E-state index in [4.69, 9.17) is 28.9 Å². The Hall–Kier alpha value is -4.56. The molecule has 12 nitrogen and oxygen atoms in total. The van der Waals surface area contributed by atoms with Crippen molar-refractivity contribution in [1.82, 2.24) is 20.2 Å². The Morgan fingerprint density at radius 2 is 1.94 bits per heavy atom. The fraction of sp³-hybridized carbons (Fsp3) is 0.550. The number of piperidine rings is 2. The van der Waals surface area contributed by atoms with E-state index < -0.39 is 17.5 Å². The largest absolute Gasteiger partial charge is 0.508 e. The lowest BCUT2D eigenvalue weighted by atomic mass is 9.74. The molecule has 0 bridgehead atoms. The number of benzene rings is 2. The first kappa shape index (κ1) is 36.4. The van der Waals surface area contributed by atoms with Gasteiger partial charge in [-0.3, -0.25) is 4.90 Å². The number of hydrogen-bond acceptors (Lipinski definition) is 11. The number of rotatable bonds is 8. The van der Waals surface area contributed by atoms with Crippen molar-refractivity contribution in [2.24, 2.45) is 10.4 Å². The van der Waals surface area contributed by atoms with Crippen molar-refractivity contribution >= 4 is 40.6 Å². The van der Waals surface area contributed by atoms with Crippen LogP contribution in [0.3, 0.4) is 0 Å². The molecule has 5 heterocycles. The maximum atomic E-state index is 15.2. The molecule has 54 heavy (non-hydrogen) atoms. The number of ether oxygens (including phenoxy) is 4. The monoisotopic (exact) mass is 746 g/mol. The average Bonchev–Trinajstić information content (AvgIpc) is 3.78. The first-order chi connectivity index (χ1) is 26.2. The summed E-state index contributed by atoms with van der Waals surface area (Å²) in [6.45, 7) is 5.88. The predicted octanol–water partition coefficient (Wildman–Crippen LogP) is 4.67. The van der Waals surface area contributed by atoms with Gasteiger partial charge in [-0.15, -0.1) is 0 Å². The highest BCUT2D eigenvalue weighted by molar-refractivity contribution is 6.11. The summed E-state index contributed by atoms with van der Waals surface area (Å²) < 4.78 is 54.3. The SMILES string of the molecule is COC(/N=C(\C)c1cc(O)cc2cccc(F)c12)=c1\c(N2CCC[C@]3(CNC(=O)O3)C2)nc(OCC23CCCC2N(C2CCOCC2)CCC3)n\c1=C/F. The summed E-state index contributed by atoms with van der Waals surface area (Å²) in [7, 11) is 1.41. The number of carbonyl (C=O) groups is 1. The summed E-state index contributed by atoms with van der Waals surface area (Å²) in [6, 6.07) is 8.47. The second-order valence-corrected chi connectivity index (χ2v) is 15.4. The van der Waals surface area contributed by atoms with Gasteiger partial charge >= 0.3 is 12.1 Å². The number of nitrogens with one attached hydrogen (secondary N) is 1. The number of amides is 1. The maximum absolute atomic E-state index is 15.2. The number of likely N-dealkylation sites (tertiary alicyclic amines) is 1. The van der Waals surface area contributed by atoms with Crippen LogP contribution in [0.5, 0.6) is 11.8 Å². The van der Waals surface area contributed by atoms with Crippen LogP contribution in [-0.2, 0) is 14.2 Å². The standard InChI is InChI=1S/C40H48F2N6O6/c1-25(29-20-28(49)19-26-7-3-8-30(42)33(26)29)44-36(51-2)34-31(21-41)45-37(46-35(34)47-15-6-14-40(23-47)22-43-38(50)54-40)53-24-39-12-4-9-32(39)48(16-5-13-39)27-10-17-52-18-11-27/h3,7-8,19-21,27,32,49H,4-6,9-18,22-24H2,1-2H3,(H,43,50)/b31-21-,36-34-,44-25+/t32?,39?,40-/m0/s1. The Labute approximate surface area is 312 Å². The highest BCUT2D eigenvalue weighted by Crippen LogP contribution is 2.49. The van der Waals surface area contributed by atoms with E-state index in [1.54, 1.807) is 19.1 Å². The average molecular weight is 747 g/mol. The molecule has 2 unspecified atom stereocenters. The van der Waals surface area contributed by atoms with Crippen LogP contribution in [0, 0.1) is 11.2 Å². The number of methoxy groups -OCH3 is 1. The van der Waals surface area contributed by atoms with Crippen molar-refractivity contribution in [2.75, 3.05) is 58.0 Å². The van der Waals surface area contributed by atoms with Crippen molar-refractivity contribution in [1.29, 1.82) is 0 Å². The van der Waals surface area contributed by atoms with Crippen LogP contribution in [0.4, 0.5) is 19.4 Å². The number of nitrogens with zero attached hydrogens (tertiary/aromatic N) is 5. The van der Waals surface area contributed by atoms with Crippen molar-refractivity contribution < 1.29 is 37.6 Å². The summed E-state index contributed by atoms with van der Waals surface area (Å²) in [5.41, 5.74) is -0.203. The number of carbonyl (C=O) groups excluding carboxylic acids is 1. The molecule has 4 saturated heterocycles. The Morgan fingerprint density at radius 1 is 1.13 bits per heavy atom. The third-order valence-corrected chi connectivity index (χ3v) is 12.2. The van der Waals surface area contributed by atoms with Crippen LogP contribution >= 0.6 is 0 Å². The van der Waals surface area contributed by atoms with Crippen molar-refractivity contribution in [3.63, 3.8) is 0 Å². The molecular formula is C40H48F2N6O6. The van der Waals surface area contributed by atoms with E-state index in [1.807, 2.05) is 4.90 Å². The Balaban J connectivity index is 1.21. The summed E-state index contributed by atoms with van der Waals surface area (Å²) >= 11 is 0. The number of phenolic OH excluding ortho intramolecular Hbond substituents is 1. The molecule has 1 saturated carbocycles. The number of anilines is 1. The van der Waals surface area contributed by atoms with Gasteiger partial charge in [0.15, 0.2) is 0 Å². The molecule has 3 atom stereocenters. The molecule has 8 rings (SSSR count). The molecule has 5 fully saturated rings. The molecule has 1 amide bonds. The number of aromatic nitrogens is 2. The fourth-order valence-corrected chi connectivity index (χ4v) is 9.70. The van der Waals surface area contributed by atoms with Crippen LogP contribution in [-0.4, -0.2) is 103 Å². The van der Waals surface area contributed by atoms with E-state index >= 15 is 8.78 Å². The topological polar surface area (TPSA) is 131 Å². The molecule has 2 N–H and O–H groups in total. The summed E-state index contributed by atoms with van der Waals surface area (Å²) in [5.74, 6) is -0.230. The smallest absolute Gasteiger partial charge is 0.407 e. The van der Waals surface area contributed by atoms with Crippen LogP contribution in [0.15, 0.2) is 35.3 Å². The number of aliphatic imine (C=N–C) groups is 1. The maximum Gasteiger partial charge on any atom is 0.407 e. The molecule has 5 aliphatic rings. The molecule has 3 aromatic rings. The lowest BCUT2D eigenvalue weighted by Crippen LogP contribution is -2.56. The van der Waals surface area contributed by atoms with Crippen LogP contribution < -0.4 is 25.5 Å². The summed E-state index contributed by atoms with van der Waals surface area (Å²) in [5, 5.41) is 14.2. The molecule has 1 aromatic heterocycles. The van der Waals surface area contributed by atoms with Crippen molar-refractivity contribution in [2.45, 2.75) is 82.4 Å². The second kappa shape index (κ2) is 14.9. The van der Waals surface area contributed by atoms with Crippen molar-refractivity contribution in [3.8, 4) is 11.8 Å². The minimum atomic E-state index is -0.797. The molecule has 0 radical (unpaired) electrons. The highest BCUT2D eigenvalue weighted by atomic mass is 19.1. The van der Waals surface area contributed by atoms with Gasteiger partial charge in [0.1, 0.15) is 39.9 Å². The third-order valence-electron chi connectivity index (χ3n) is 12.2. The van der Waals surface area contributed by atoms with Gasteiger partial charge in [-0.1, -0.05) is 18.6 Å². The fourth-order valence-electron chi connectivity index (χ4n) is 9.70. The van der Waals surface area contributed by atoms with Crippen LogP contribution in [0.1, 0.15) is 70.3 Å². The number of aromatic hydroxyl groups is 1. The normalized spacial score (nSPS) is 27.6. The number of phenols is 1. The quantitative estimate of drug-likeness (QED) is 0.314. The molecule has 2 aromatic carbocycles. The number of hydrogen-bond donors (Lipinski definition) is 2. The predicted molar refractivity (Wildman–Crippen MR) is 199 cm³/mol. The number of halogens is 2. The first-order valence-corrected chi connectivity index (χ1v) is 19.1. The third kappa shape index (κ3) is 6.82. The van der Waals surface area contributed by atoms with E-state index in [2.05, 4.69) is 15.2 Å². The van der Waals surface area contributed by atoms with Crippen LogP contribution in [0.2, 0.25) is 0 Å². The zero-order chi connectivity index (χ0) is 37.5. The first-order valence-electron chi connectivity index (χ1n) is 19.1. The van der Waals surface area contributed by atoms with Gasteiger partial charge in [-0.2, -0.15) is 9.97 Å². The Kier molecular flexibility index (Phi) is 10.1. The van der Waals surface area contributed by atoms with Crippen molar-refractivity contribution in [3.05, 3.63) is 52.3 Å². The second-order valence-electron chi connectivity index (χ2n) is 15.4. The van der Waals surface area contributed by atoms with Gasteiger partial charge in [0, 0.05) is 53.9 Å².